The molecule has 118 valence electrons. The van der Waals surface area contributed by atoms with E-state index in [2.05, 4.69) is 10.3 Å². The summed E-state index contributed by atoms with van der Waals surface area (Å²) in [6.45, 7) is 7.35. The maximum absolute atomic E-state index is 12.9. The van der Waals surface area contributed by atoms with Crippen molar-refractivity contribution in [2.24, 2.45) is 0 Å². The average molecular weight is 313 g/mol. The molecule has 21 heavy (non-hydrogen) atoms. The molecule has 2 heterocycles. The summed E-state index contributed by atoms with van der Waals surface area (Å²) in [7, 11) is -3.52. The lowest BCUT2D eigenvalue weighted by Gasteiger charge is -2.37. The summed E-state index contributed by atoms with van der Waals surface area (Å²) in [5, 5.41) is 3.04. The molecule has 0 aromatic carbocycles. The highest BCUT2D eigenvalue weighted by Crippen LogP contribution is 2.24. The molecule has 0 radical (unpaired) electrons. The van der Waals surface area contributed by atoms with E-state index in [0.717, 1.165) is 6.42 Å². The van der Waals surface area contributed by atoms with E-state index in [4.69, 9.17) is 4.74 Å². The van der Waals surface area contributed by atoms with Gasteiger partial charge in [0.2, 0.25) is 10.0 Å². The Kier molecular flexibility index (Phi) is 5.18. The van der Waals surface area contributed by atoms with Crippen molar-refractivity contribution in [1.82, 2.24) is 9.29 Å². The second kappa shape index (κ2) is 6.72. The number of sulfonamides is 1. The van der Waals surface area contributed by atoms with Crippen LogP contribution in [0.2, 0.25) is 0 Å². The standard InChI is InChI=1S/C14H23N3O3S/c1-4-12-10-20-11(3)9-17(12)21(18,19)13-6-7-16-14(8-13)15-5-2/h6-8,11-12H,4-5,9-10H2,1-3H3,(H,15,16). The predicted octanol–water partition coefficient (Wildman–Crippen LogP) is 1.70. The van der Waals surface area contributed by atoms with Crippen LogP contribution in [0.15, 0.2) is 23.2 Å². The highest BCUT2D eigenvalue weighted by atomic mass is 32.2. The van der Waals surface area contributed by atoms with Crippen molar-refractivity contribution in [3.05, 3.63) is 18.3 Å². The minimum atomic E-state index is -3.52. The molecule has 1 aromatic rings. The molecule has 0 bridgehead atoms. The lowest BCUT2D eigenvalue weighted by Crippen LogP contribution is -2.51. The minimum absolute atomic E-state index is 0.0855. The van der Waals surface area contributed by atoms with Crippen LogP contribution in [0.4, 0.5) is 5.82 Å². The van der Waals surface area contributed by atoms with Crippen LogP contribution in [-0.2, 0) is 14.8 Å². The maximum Gasteiger partial charge on any atom is 0.243 e. The number of hydrogen-bond acceptors (Lipinski definition) is 5. The van der Waals surface area contributed by atoms with Crippen LogP contribution in [0.25, 0.3) is 0 Å². The lowest BCUT2D eigenvalue weighted by molar-refractivity contribution is -0.0230. The Balaban J connectivity index is 2.33. The Hall–Kier alpha value is -1.18. The summed E-state index contributed by atoms with van der Waals surface area (Å²) in [5.74, 6) is 0.577. The van der Waals surface area contributed by atoms with Crippen molar-refractivity contribution >= 4 is 15.8 Å². The number of rotatable bonds is 5. The van der Waals surface area contributed by atoms with Crippen molar-refractivity contribution in [2.45, 2.75) is 44.2 Å². The van der Waals surface area contributed by atoms with Crippen LogP contribution in [0.1, 0.15) is 27.2 Å². The van der Waals surface area contributed by atoms with E-state index in [1.165, 1.54) is 6.20 Å². The van der Waals surface area contributed by atoms with Crippen LogP contribution in [0.5, 0.6) is 0 Å². The summed E-state index contributed by atoms with van der Waals surface area (Å²) in [6, 6.07) is 3.02. The third kappa shape index (κ3) is 3.53. The molecule has 2 rings (SSSR count). The van der Waals surface area contributed by atoms with Crippen LogP contribution in [-0.4, -0.2) is 49.5 Å². The Labute approximate surface area is 126 Å². The molecule has 1 aliphatic heterocycles. The third-order valence-electron chi connectivity index (χ3n) is 3.58. The van der Waals surface area contributed by atoms with E-state index in [0.29, 0.717) is 25.5 Å². The summed E-state index contributed by atoms with van der Waals surface area (Å²) in [5.41, 5.74) is 0. The van der Waals surface area contributed by atoms with Gasteiger partial charge in [-0.15, -0.1) is 0 Å². The Morgan fingerprint density at radius 2 is 2.24 bits per heavy atom. The first-order valence-corrected chi connectivity index (χ1v) is 8.76. The van der Waals surface area contributed by atoms with Crippen LogP contribution >= 0.6 is 0 Å². The van der Waals surface area contributed by atoms with Gasteiger partial charge >= 0.3 is 0 Å². The molecule has 1 saturated heterocycles. The molecular formula is C14H23N3O3S. The third-order valence-corrected chi connectivity index (χ3v) is 5.50. The van der Waals surface area contributed by atoms with Gasteiger partial charge < -0.3 is 10.1 Å². The highest BCUT2D eigenvalue weighted by Gasteiger charge is 2.35. The first kappa shape index (κ1) is 16.2. The van der Waals surface area contributed by atoms with Gasteiger partial charge in [0.1, 0.15) is 5.82 Å². The molecule has 7 heteroatoms. The van der Waals surface area contributed by atoms with Gasteiger partial charge in [-0.3, -0.25) is 0 Å². The highest BCUT2D eigenvalue weighted by molar-refractivity contribution is 7.89. The first-order valence-electron chi connectivity index (χ1n) is 7.32. The summed E-state index contributed by atoms with van der Waals surface area (Å²) >= 11 is 0. The molecule has 1 N–H and O–H groups in total. The maximum atomic E-state index is 12.9. The number of aromatic nitrogens is 1. The number of morpholine rings is 1. The molecule has 6 nitrogen and oxygen atoms in total. The average Bonchev–Trinajstić information content (AvgIpc) is 2.48. The molecule has 0 amide bonds. The quantitative estimate of drug-likeness (QED) is 0.896. The predicted molar refractivity (Wildman–Crippen MR) is 81.8 cm³/mol. The number of nitrogens with zero attached hydrogens (tertiary/aromatic N) is 2. The van der Waals surface area contributed by atoms with Gasteiger partial charge in [0.15, 0.2) is 0 Å². The fraction of sp³-hybridized carbons (Fsp3) is 0.643. The number of anilines is 1. The zero-order valence-corrected chi connectivity index (χ0v) is 13.6. The second-order valence-corrected chi connectivity index (χ2v) is 7.08. The lowest BCUT2D eigenvalue weighted by atomic mass is 10.2. The van der Waals surface area contributed by atoms with E-state index >= 15 is 0 Å². The molecule has 1 aromatic heterocycles. The van der Waals surface area contributed by atoms with E-state index in [1.54, 1.807) is 16.4 Å². The van der Waals surface area contributed by atoms with Crippen molar-refractivity contribution < 1.29 is 13.2 Å². The fourth-order valence-corrected chi connectivity index (χ4v) is 4.19. The zero-order chi connectivity index (χ0) is 15.5. The van der Waals surface area contributed by atoms with Gasteiger partial charge in [-0.2, -0.15) is 4.31 Å². The summed E-state index contributed by atoms with van der Waals surface area (Å²) in [6.07, 6.45) is 2.17. The van der Waals surface area contributed by atoms with Gasteiger partial charge in [0.25, 0.3) is 0 Å². The molecule has 0 spiro atoms. The molecule has 1 aliphatic rings. The monoisotopic (exact) mass is 313 g/mol. The Morgan fingerprint density at radius 3 is 2.90 bits per heavy atom. The number of pyridine rings is 1. The van der Waals surface area contributed by atoms with Gasteiger partial charge in [-0.05, 0) is 26.3 Å². The SMILES string of the molecule is CCNc1cc(S(=O)(=O)N2CC(C)OCC2CC)ccn1. The van der Waals surface area contributed by atoms with E-state index in [-0.39, 0.29) is 17.0 Å². The van der Waals surface area contributed by atoms with Gasteiger partial charge in [-0.1, -0.05) is 6.92 Å². The number of ether oxygens (including phenoxy) is 1. The minimum Gasteiger partial charge on any atom is -0.375 e. The van der Waals surface area contributed by atoms with Crippen LogP contribution in [0, 0.1) is 0 Å². The molecule has 0 aliphatic carbocycles. The summed E-state index contributed by atoms with van der Waals surface area (Å²) in [4.78, 5) is 4.40. The largest absolute Gasteiger partial charge is 0.375 e. The molecule has 1 fully saturated rings. The molecular weight excluding hydrogens is 290 g/mol. The number of hydrogen-bond donors (Lipinski definition) is 1. The second-order valence-electron chi connectivity index (χ2n) is 5.19. The Bertz CT molecular complexity index is 577. The topological polar surface area (TPSA) is 71.5 Å². The van der Waals surface area contributed by atoms with Crippen molar-refractivity contribution in [3.63, 3.8) is 0 Å². The smallest absolute Gasteiger partial charge is 0.243 e. The normalized spacial score (nSPS) is 24.0. The fourth-order valence-electron chi connectivity index (χ4n) is 2.41. The molecule has 2 unspecified atom stereocenters. The first-order chi connectivity index (χ1) is 9.98. The number of nitrogens with one attached hydrogen (secondary N) is 1. The molecule has 2 atom stereocenters. The van der Waals surface area contributed by atoms with Gasteiger partial charge in [0.05, 0.1) is 17.6 Å². The van der Waals surface area contributed by atoms with Crippen LogP contribution in [0.3, 0.4) is 0 Å². The van der Waals surface area contributed by atoms with Crippen molar-refractivity contribution in [3.8, 4) is 0 Å². The Morgan fingerprint density at radius 1 is 1.48 bits per heavy atom. The van der Waals surface area contributed by atoms with E-state index < -0.39 is 10.0 Å². The molecule has 0 saturated carbocycles. The summed E-state index contributed by atoms with van der Waals surface area (Å²) < 4.78 is 32.9. The van der Waals surface area contributed by atoms with Crippen molar-refractivity contribution in [1.29, 1.82) is 0 Å². The van der Waals surface area contributed by atoms with Gasteiger partial charge in [-0.25, -0.2) is 13.4 Å². The van der Waals surface area contributed by atoms with E-state index in [9.17, 15) is 8.42 Å². The van der Waals surface area contributed by atoms with E-state index in [1.807, 2.05) is 20.8 Å². The van der Waals surface area contributed by atoms with Gasteiger partial charge in [0, 0.05) is 31.4 Å². The van der Waals surface area contributed by atoms with Crippen LogP contribution < -0.4 is 5.32 Å². The zero-order valence-electron chi connectivity index (χ0n) is 12.7. The van der Waals surface area contributed by atoms with Crippen molar-refractivity contribution in [2.75, 3.05) is 25.0 Å².